The van der Waals surface area contributed by atoms with Gasteiger partial charge >= 0.3 is 0 Å². The van der Waals surface area contributed by atoms with Crippen molar-refractivity contribution < 1.29 is 0 Å². The zero-order chi connectivity index (χ0) is 30.6. The fourth-order valence-corrected chi connectivity index (χ4v) is 7.39. The molecule has 0 fully saturated rings. The standard InChI is InChI=1S/C42H86/c1-5-9-13-17-21-22-23-24-25-26-27-28-32-36-40-42(39-35-31-20-16-12-8-4)41(37-33-29-18-14-10-6-2)38-34-30-19-15-11-7-3/h41-42H,5-40H2,1-4H3. The first-order valence-electron chi connectivity index (χ1n) is 20.8. The molecule has 0 saturated heterocycles. The summed E-state index contributed by atoms with van der Waals surface area (Å²) < 4.78 is 0. The molecule has 0 aromatic rings. The minimum absolute atomic E-state index is 1.03. The molecule has 0 aromatic carbocycles. The lowest BCUT2D eigenvalue weighted by Crippen LogP contribution is -2.16. The summed E-state index contributed by atoms with van der Waals surface area (Å²) in [7, 11) is 0. The lowest BCUT2D eigenvalue weighted by atomic mass is 9.78. The van der Waals surface area contributed by atoms with Gasteiger partial charge in [-0.15, -0.1) is 0 Å². The van der Waals surface area contributed by atoms with Crippen molar-refractivity contribution in [3.8, 4) is 0 Å². The first-order chi connectivity index (χ1) is 20.8. The maximum Gasteiger partial charge on any atom is -0.0386 e. The Bertz CT molecular complexity index is 437. The third-order valence-corrected chi connectivity index (χ3v) is 10.4. The highest BCUT2D eigenvalue weighted by Crippen LogP contribution is 2.34. The van der Waals surface area contributed by atoms with Crippen LogP contribution in [0.25, 0.3) is 0 Å². The maximum absolute atomic E-state index is 2.35. The van der Waals surface area contributed by atoms with Crippen LogP contribution in [0.4, 0.5) is 0 Å². The Morgan fingerprint density at radius 1 is 0.190 bits per heavy atom. The van der Waals surface area contributed by atoms with E-state index in [9.17, 15) is 0 Å². The van der Waals surface area contributed by atoms with Gasteiger partial charge in [-0.3, -0.25) is 0 Å². The molecule has 0 spiro atoms. The second kappa shape index (κ2) is 37.2. The Hall–Kier alpha value is 0. The van der Waals surface area contributed by atoms with Crippen molar-refractivity contribution in [1.82, 2.24) is 0 Å². The molecule has 0 radical (unpaired) electrons. The molecule has 0 heterocycles. The zero-order valence-corrected chi connectivity index (χ0v) is 30.6. The van der Waals surface area contributed by atoms with Crippen molar-refractivity contribution in [3.63, 3.8) is 0 Å². The van der Waals surface area contributed by atoms with E-state index in [1.807, 2.05) is 0 Å². The Labute approximate surface area is 270 Å². The maximum atomic E-state index is 2.35. The summed E-state index contributed by atoms with van der Waals surface area (Å²) in [4.78, 5) is 0. The molecular formula is C42H86. The quantitative estimate of drug-likeness (QED) is 0.0631. The smallest absolute Gasteiger partial charge is 0.0386 e. The third kappa shape index (κ3) is 31.4. The SMILES string of the molecule is CCCCCCCCCCCCCCCCC(CCCCCCCC)C(CCCCCCCC)CCCCCCCC. The number of rotatable bonds is 37. The summed E-state index contributed by atoms with van der Waals surface area (Å²) >= 11 is 0. The highest BCUT2D eigenvalue weighted by molar-refractivity contribution is 4.72. The van der Waals surface area contributed by atoms with Crippen molar-refractivity contribution in [2.24, 2.45) is 11.8 Å². The van der Waals surface area contributed by atoms with Crippen LogP contribution in [0.1, 0.15) is 259 Å². The van der Waals surface area contributed by atoms with Crippen LogP contribution in [0.2, 0.25) is 0 Å². The summed E-state index contributed by atoms with van der Waals surface area (Å²) in [5.41, 5.74) is 0. The second-order valence-electron chi connectivity index (χ2n) is 14.6. The van der Waals surface area contributed by atoms with Gasteiger partial charge in [0.1, 0.15) is 0 Å². The summed E-state index contributed by atoms with van der Waals surface area (Å²) in [5.74, 6) is 2.06. The highest BCUT2D eigenvalue weighted by Gasteiger charge is 2.20. The van der Waals surface area contributed by atoms with Gasteiger partial charge in [0.2, 0.25) is 0 Å². The summed E-state index contributed by atoms with van der Waals surface area (Å²) in [6.45, 7) is 9.36. The third-order valence-electron chi connectivity index (χ3n) is 10.4. The van der Waals surface area contributed by atoms with E-state index in [0.717, 1.165) is 11.8 Å². The van der Waals surface area contributed by atoms with Gasteiger partial charge in [-0.05, 0) is 11.8 Å². The fourth-order valence-electron chi connectivity index (χ4n) is 7.39. The van der Waals surface area contributed by atoms with Gasteiger partial charge in [0.25, 0.3) is 0 Å². The van der Waals surface area contributed by atoms with Crippen molar-refractivity contribution in [1.29, 1.82) is 0 Å². The fraction of sp³-hybridized carbons (Fsp3) is 1.00. The van der Waals surface area contributed by atoms with Crippen molar-refractivity contribution in [3.05, 3.63) is 0 Å². The predicted molar refractivity (Wildman–Crippen MR) is 196 cm³/mol. The van der Waals surface area contributed by atoms with E-state index in [4.69, 9.17) is 0 Å². The van der Waals surface area contributed by atoms with Crippen LogP contribution in [-0.4, -0.2) is 0 Å². The predicted octanol–water partition coefficient (Wildman–Crippen LogP) is 16.3. The van der Waals surface area contributed by atoms with Crippen LogP contribution in [0, 0.1) is 11.8 Å². The molecule has 0 N–H and O–H groups in total. The van der Waals surface area contributed by atoms with E-state index in [1.165, 1.54) is 205 Å². The number of hydrogen-bond acceptors (Lipinski definition) is 0. The molecule has 1 unspecified atom stereocenters. The van der Waals surface area contributed by atoms with Crippen LogP contribution >= 0.6 is 0 Å². The molecule has 0 heteroatoms. The molecular weight excluding hydrogens is 504 g/mol. The molecule has 0 aliphatic heterocycles. The van der Waals surface area contributed by atoms with Crippen molar-refractivity contribution in [2.45, 2.75) is 259 Å². The van der Waals surface area contributed by atoms with Gasteiger partial charge in [0.15, 0.2) is 0 Å². The van der Waals surface area contributed by atoms with Gasteiger partial charge in [-0.2, -0.15) is 0 Å². The molecule has 0 saturated carbocycles. The Balaban J connectivity index is 4.49. The first-order valence-corrected chi connectivity index (χ1v) is 20.8. The van der Waals surface area contributed by atoms with E-state index in [1.54, 1.807) is 25.7 Å². The van der Waals surface area contributed by atoms with Crippen LogP contribution in [0.15, 0.2) is 0 Å². The average Bonchev–Trinajstić information content (AvgIpc) is 3.00. The molecule has 0 nitrogen and oxygen atoms in total. The minimum atomic E-state index is 1.03. The molecule has 42 heavy (non-hydrogen) atoms. The van der Waals surface area contributed by atoms with E-state index < -0.39 is 0 Å². The van der Waals surface area contributed by atoms with Gasteiger partial charge in [-0.25, -0.2) is 0 Å². The Morgan fingerprint density at radius 3 is 0.500 bits per heavy atom. The van der Waals surface area contributed by atoms with Crippen molar-refractivity contribution >= 4 is 0 Å². The molecule has 0 aliphatic carbocycles. The van der Waals surface area contributed by atoms with Crippen molar-refractivity contribution in [2.75, 3.05) is 0 Å². The average molecular weight is 591 g/mol. The zero-order valence-electron chi connectivity index (χ0n) is 30.6. The van der Waals surface area contributed by atoms with E-state index in [2.05, 4.69) is 27.7 Å². The topological polar surface area (TPSA) is 0 Å². The monoisotopic (exact) mass is 591 g/mol. The second-order valence-corrected chi connectivity index (χ2v) is 14.6. The molecule has 0 amide bonds. The lowest BCUT2D eigenvalue weighted by Gasteiger charge is -2.28. The van der Waals surface area contributed by atoms with Gasteiger partial charge in [-0.1, -0.05) is 259 Å². The Kier molecular flexibility index (Phi) is 37.2. The van der Waals surface area contributed by atoms with Crippen LogP contribution in [0.3, 0.4) is 0 Å². The van der Waals surface area contributed by atoms with Crippen LogP contribution < -0.4 is 0 Å². The molecule has 0 bridgehead atoms. The largest absolute Gasteiger partial charge is 0.0654 e. The van der Waals surface area contributed by atoms with Crippen LogP contribution in [0.5, 0.6) is 0 Å². The number of hydrogen-bond donors (Lipinski definition) is 0. The molecule has 0 rings (SSSR count). The van der Waals surface area contributed by atoms with E-state index in [0.29, 0.717) is 0 Å². The molecule has 0 aromatic heterocycles. The van der Waals surface area contributed by atoms with Gasteiger partial charge in [0, 0.05) is 0 Å². The molecule has 1 atom stereocenters. The summed E-state index contributed by atoms with van der Waals surface area (Å²) in [6.07, 6.45) is 53.2. The minimum Gasteiger partial charge on any atom is -0.0654 e. The van der Waals surface area contributed by atoms with E-state index in [-0.39, 0.29) is 0 Å². The number of unbranched alkanes of at least 4 members (excludes halogenated alkanes) is 28. The van der Waals surface area contributed by atoms with E-state index >= 15 is 0 Å². The first kappa shape index (κ1) is 42.0. The molecule has 0 aliphatic rings. The Morgan fingerprint density at radius 2 is 0.333 bits per heavy atom. The highest BCUT2D eigenvalue weighted by atomic mass is 14.3. The van der Waals surface area contributed by atoms with Crippen LogP contribution in [-0.2, 0) is 0 Å². The lowest BCUT2D eigenvalue weighted by molar-refractivity contribution is 0.236. The summed E-state index contributed by atoms with van der Waals surface area (Å²) in [6, 6.07) is 0. The van der Waals surface area contributed by atoms with Gasteiger partial charge < -0.3 is 0 Å². The molecule has 254 valence electrons. The summed E-state index contributed by atoms with van der Waals surface area (Å²) in [5, 5.41) is 0. The van der Waals surface area contributed by atoms with Gasteiger partial charge in [0.05, 0.1) is 0 Å². The normalized spacial score (nSPS) is 12.5.